The predicted molar refractivity (Wildman–Crippen MR) is 59.8 cm³/mol. The maximum atomic E-state index is 11.5. The zero-order chi connectivity index (χ0) is 10.7. The second-order valence-corrected chi connectivity index (χ2v) is 4.81. The lowest BCUT2D eigenvalue weighted by molar-refractivity contribution is 0.0948. The maximum absolute atomic E-state index is 11.5. The third kappa shape index (κ3) is 2.73. The van der Waals surface area contributed by atoms with E-state index in [1.165, 1.54) is 0 Å². The Labute approximate surface area is 92.4 Å². The number of hydrogen-bond acceptors (Lipinski definition) is 4. The van der Waals surface area contributed by atoms with Gasteiger partial charge in [0.05, 0.1) is 5.37 Å². The number of nitrogens with one attached hydrogen (secondary N) is 3. The third-order valence-electron chi connectivity index (χ3n) is 2.21. The number of H-pyrrole nitrogens is 1. The fourth-order valence-electron chi connectivity index (χ4n) is 1.45. The van der Waals surface area contributed by atoms with Gasteiger partial charge in [-0.05, 0) is 13.0 Å². The van der Waals surface area contributed by atoms with Crippen LogP contribution in [-0.2, 0) is 0 Å². The highest BCUT2D eigenvalue weighted by molar-refractivity contribution is 8.00. The molecule has 0 aromatic carbocycles. The van der Waals surface area contributed by atoms with Gasteiger partial charge in [0.1, 0.15) is 5.69 Å². The van der Waals surface area contributed by atoms with E-state index in [1.54, 1.807) is 12.3 Å². The molecule has 1 aliphatic heterocycles. The molecule has 1 aromatic rings. The average molecular weight is 226 g/mol. The Hall–Kier alpha value is -1.01. The standard InChI is InChI=1S/C9H14N4OS/c1-6-5-15-8(12-6)4-10-9(14)7-2-3-11-13-7/h2-3,6,8,12H,4-5H2,1H3,(H,10,14)(H,11,13). The van der Waals surface area contributed by atoms with Gasteiger partial charge in [-0.15, -0.1) is 11.8 Å². The quantitative estimate of drug-likeness (QED) is 0.688. The first kappa shape index (κ1) is 10.5. The molecule has 1 aromatic heterocycles. The molecular weight excluding hydrogens is 212 g/mol. The molecule has 0 bridgehead atoms. The summed E-state index contributed by atoms with van der Waals surface area (Å²) in [5, 5.41) is 12.9. The van der Waals surface area contributed by atoms with Crippen molar-refractivity contribution >= 4 is 17.7 Å². The van der Waals surface area contributed by atoms with E-state index < -0.39 is 0 Å². The van der Waals surface area contributed by atoms with Crippen molar-refractivity contribution in [3.63, 3.8) is 0 Å². The zero-order valence-electron chi connectivity index (χ0n) is 8.49. The molecule has 2 heterocycles. The highest BCUT2D eigenvalue weighted by Gasteiger charge is 2.21. The molecule has 5 nitrogen and oxygen atoms in total. The Morgan fingerprint density at radius 1 is 1.80 bits per heavy atom. The zero-order valence-corrected chi connectivity index (χ0v) is 9.30. The summed E-state index contributed by atoms with van der Waals surface area (Å²) in [6.45, 7) is 2.79. The van der Waals surface area contributed by atoms with Crippen LogP contribution in [-0.4, -0.2) is 39.8 Å². The fourth-order valence-corrected chi connectivity index (χ4v) is 2.60. The van der Waals surface area contributed by atoms with E-state index in [0.29, 0.717) is 23.7 Å². The first-order valence-corrected chi connectivity index (χ1v) is 5.96. The average Bonchev–Trinajstić information content (AvgIpc) is 2.84. The lowest BCUT2D eigenvalue weighted by Gasteiger charge is -2.11. The first-order valence-electron chi connectivity index (χ1n) is 4.91. The van der Waals surface area contributed by atoms with E-state index >= 15 is 0 Å². The van der Waals surface area contributed by atoms with Crippen LogP contribution < -0.4 is 10.6 Å². The second-order valence-electron chi connectivity index (χ2n) is 3.57. The summed E-state index contributed by atoms with van der Waals surface area (Å²) in [5.41, 5.74) is 0.506. The topological polar surface area (TPSA) is 69.8 Å². The van der Waals surface area contributed by atoms with Gasteiger partial charge in [0.15, 0.2) is 0 Å². The number of rotatable bonds is 3. The van der Waals surface area contributed by atoms with E-state index in [-0.39, 0.29) is 5.91 Å². The van der Waals surface area contributed by atoms with Crippen molar-refractivity contribution < 1.29 is 4.79 Å². The summed E-state index contributed by atoms with van der Waals surface area (Å²) in [7, 11) is 0. The van der Waals surface area contributed by atoms with Gasteiger partial charge < -0.3 is 10.6 Å². The van der Waals surface area contributed by atoms with Gasteiger partial charge >= 0.3 is 0 Å². The van der Waals surface area contributed by atoms with Crippen LogP contribution >= 0.6 is 11.8 Å². The molecule has 0 saturated carbocycles. The van der Waals surface area contributed by atoms with Crippen LogP contribution in [0.25, 0.3) is 0 Å². The van der Waals surface area contributed by atoms with Crippen LogP contribution in [0.5, 0.6) is 0 Å². The highest BCUT2D eigenvalue weighted by atomic mass is 32.2. The van der Waals surface area contributed by atoms with Crippen molar-refractivity contribution in [3.8, 4) is 0 Å². The van der Waals surface area contributed by atoms with Crippen LogP contribution in [0.1, 0.15) is 17.4 Å². The van der Waals surface area contributed by atoms with Gasteiger partial charge in [-0.3, -0.25) is 9.89 Å². The molecule has 82 valence electrons. The third-order valence-corrected chi connectivity index (χ3v) is 3.61. The molecule has 15 heavy (non-hydrogen) atoms. The minimum Gasteiger partial charge on any atom is -0.348 e. The molecule has 1 fully saturated rings. The lowest BCUT2D eigenvalue weighted by Crippen LogP contribution is -2.38. The minimum absolute atomic E-state index is 0.102. The van der Waals surface area contributed by atoms with Gasteiger partial charge in [-0.2, -0.15) is 5.10 Å². The van der Waals surface area contributed by atoms with Gasteiger partial charge in [0.2, 0.25) is 0 Å². The van der Waals surface area contributed by atoms with Crippen LogP contribution in [0.2, 0.25) is 0 Å². The van der Waals surface area contributed by atoms with E-state index in [4.69, 9.17) is 0 Å². The summed E-state index contributed by atoms with van der Waals surface area (Å²) >= 11 is 1.84. The number of amides is 1. The molecular formula is C9H14N4OS. The molecule has 0 radical (unpaired) electrons. The van der Waals surface area contributed by atoms with E-state index in [2.05, 4.69) is 27.8 Å². The number of thioether (sulfide) groups is 1. The normalized spacial score (nSPS) is 25.4. The highest BCUT2D eigenvalue weighted by Crippen LogP contribution is 2.17. The first-order chi connectivity index (χ1) is 7.25. The molecule has 0 spiro atoms. The number of hydrogen-bond donors (Lipinski definition) is 3. The largest absolute Gasteiger partial charge is 0.348 e. The fraction of sp³-hybridized carbons (Fsp3) is 0.556. The molecule has 2 rings (SSSR count). The second kappa shape index (κ2) is 4.67. The van der Waals surface area contributed by atoms with Crippen molar-refractivity contribution in [2.45, 2.75) is 18.3 Å². The minimum atomic E-state index is -0.102. The van der Waals surface area contributed by atoms with Crippen molar-refractivity contribution in [2.75, 3.05) is 12.3 Å². The Bertz CT molecular complexity index is 327. The smallest absolute Gasteiger partial charge is 0.269 e. The van der Waals surface area contributed by atoms with Crippen molar-refractivity contribution in [1.82, 2.24) is 20.8 Å². The van der Waals surface area contributed by atoms with Gasteiger partial charge in [0.25, 0.3) is 5.91 Å². The summed E-state index contributed by atoms with van der Waals surface area (Å²) in [6, 6.07) is 2.19. The molecule has 2 unspecified atom stereocenters. The van der Waals surface area contributed by atoms with Crippen molar-refractivity contribution in [3.05, 3.63) is 18.0 Å². The van der Waals surface area contributed by atoms with Crippen LogP contribution in [0.15, 0.2) is 12.3 Å². The summed E-state index contributed by atoms with van der Waals surface area (Å²) < 4.78 is 0. The summed E-state index contributed by atoms with van der Waals surface area (Å²) in [4.78, 5) is 11.5. The van der Waals surface area contributed by atoms with Crippen molar-refractivity contribution in [1.29, 1.82) is 0 Å². The molecule has 6 heteroatoms. The Kier molecular flexibility index (Phi) is 3.27. The molecule has 3 N–H and O–H groups in total. The van der Waals surface area contributed by atoms with Crippen LogP contribution in [0.4, 0.5) is 0 Å². The van der Waals surface area contributed by atoms with E-state index in [9.17, 15) is 4.79 Å². The Morgan fingerprint density at radius 3 is 3.27 bits per heavy atom. The van der Waals surface area contributed by atoms with E-state index in [1.807, 2.05) is 11.8 Å². The molecule has 1 amide bonds. The molecule has 1 saturated heterocycles. The number of nitrogens with zero attached hydrogens (tertiary/aromatic N) is 1. The van der Waals surface area contributed by atoms with Crippen molar-refractivity contribution in [2.24, 2.45) is 0 Å². The van der Waals surface area contributed by atoms with Gasteiger partial charge in [-0.25, -0.2) is 0 Å². The number of aromatic amines is 1. The SMILES string of the molecule is CC1CSC(CNC(=O)c2ccn[nH]2)N1. The lowest BCUT2D eigenvalue weighted by atomic mass is 10.4. The number of aromatic nitrogens is 2. The molecule has 1 aliphatic rings. The van der Waals surface area contributed by atoms with Crippen LogP contribution in [0, 0.1) is 0 Å². The van der Waals surface area contributed by atoms with Crippen LogP contribution in [0.3, 0.4) is 0 Å². The Balaban J connectivity index is 1.76. The van der Waals surface area contributed by atoms with Gasteiger partial charge in [-0.1, -0.05) is 0 Å². The monoisotopic (exact) mass is 226 g/mol. The predicted octanol–water partition coefficient (Wildman–Crippen LogP) is 0.191. The maximum Gasteiger partial charge on any atom is 0.269 e. The summed E-state index contributed by atoms with van der Waals surface area (Å²) in [5.74, 6) is 0.999. The number of carbonyl (C=O) groups is 1. The summed E-state index contributed by atoms with van der Waals surface area (Å²) in [6.07, 6.45) is 1.57. The van der Waals surface area contributed by atoms with Gasteiger partial charge in [0, 0.05) is 24.5 Å². The Morgan fingerprint density at radius 2 is 2.67 bits per heavy atom. The van der Waals surface area contributed by atoms with E-state index in [0.717, 1.165) is 5.75 Å². The number of carbonyl (C=O) groups excluding carboxylic acids is 1. The molecule has 0 aliphatic carbocycles. The molecule has 2 atom stereocenters.